The molecular weight excluding hydrogens is 332 g/mol. The number of fused-ring (bicyclic) bond motifs is 1. The normalized spacial score (nSPS) is 20.5. The molecule has 1 unspecified atom stereocenters. The van der Waals surface area contributed by atoms with E-state index in [1.165, 1.54) is 30.7 Å². The van der Waals surface area contributed by atoms with Crippen LogP contribution in [0.2, 0.25) is 0 Å². The molecule has 5 heteroatoms. The summed E-state index contributed by atoms with van der Waals surface area (Å²) in [6, 6.07) is 10.6. The van der Waals surface area contributed by atoms with Crippen molar-refractivity contribution in [2.24, 2.45) is 0 Å². The molecule has 0 N–H and O–H groups in total. The minimum absolute atomic E-state index is 0.179. The van der Waals surface area contributed by atoms with Gasteiger partial charge in [0.15, 0.2) is 0 Å². The predicted octanol–water partition coefficient (Wildman–Crippen LogP) is 3.56. The molecule has 0 radical (unpaired) electrons. The number of benzene rings is 1. The molecule has 4 nitrogen and oxygen atoms in total. The number of nitrogens with zero attached hydrogens (tertiary/aromatic N) is 2. The van der Waals surface area contributed by atoms with Gasteiger partial charge < -0.3 is 9.64 Å². The number of aryl methyl sites for hydroxylation is 1. The largest absolute Gasteiger partial charge is 0.489 e. The van der Waals surface area contributed by atoms with Crippen LogP contribution in [0.5, 0.6) is 5.75 Å². The Kier molecular flexibility index (Phi) is 4.77. The van der Waals surface area contributed by atoms with Crippen LogP contribution in [-0.4, -0.2) is 47.9 Å². The first-order chi connectivity index (χ1) is 12.2. The fourth-order valence-corrected chi connectivity index (χ4v) is 4.64. The maximum absolute atomic E-state index is 12.8. The second-order valence-electron chi connectivity index (χ2n) is 6.96. The summed E-state index contributed by atoms with van der Waals surface area (Å²) in [7, 11) is 0. The van der Waals surface area contributed by atoms with Gasteiger partial charge in [0.1, 0.15) is 12.4 Å². The van der Waals surface area contributed by atoms with Crippen LogP contribution in [0.25, 0.3) is 0 Å². The van der Waals surface area contributed by atoms with Crippen LogP contribution in [0.3, 0.4) is 0 Å². The average Bonchev–Trinajstić information content (AvgIpc) is 3.29. The number of hydrogen-bond donors (Lipinski definition) is 0. The summed E-state index contributed by atoms with van der Waals surface area (Å²) in [5, 5.41) is 2.04. The van der Waals surface area contributed by atoms with Gasteiger partial charge in [-0.1, -0.05) is 18.2 Å². The number of amides is 1. The lowest BCUT2D eigenvalue weighted by atomic mass is 10.1. The van der Waals surface area contributed by atoms with Crippen molar-refractivity contribution in [3.63, 3.8) is 0 Å². The van der Waals surface area contributed by atoms with E-state index in [2.05, 4.69) is 4.90 Å². The van der Waals surface area contributed by atoms with E-state index in [1.807, 2.05) is 47.5 Å². The first-order valence-electron chi connectivity index (χ1n) is 9.00. The van der Waals surface area contributed by atoms with Gasteiger partial charge in [-0.05, 0) is 49.4 Å². The number of piperazine rings is 1. The van der Waals surface area contributed by atoms with Gasteiger partial charge in [0.25, 0.3) is 5.91 Å². The standard InChI is InChI=1S/C20H24N2O2S/c1-15-5-2-3-7-18(15)24-13-16-11-19(25-14-16)20(23)22-10-9-21-8-4-6-17(21)12-22/h2-3,5,7,11,14,17H,4,6,8-10,12-13H2,1H3. The summed E-state index contributed by atoms with van der Waals surface area (Å²) in [6.45, 7) is 6.50. The van der Waals surface area contributed by atoms with Gasteiger partial charge in [0.05, 0.1) is 4.88 Å². The van der Waals surface area contributed by atoms with E-state index >= 15 is 0 Å². The van der Waals surface area contributed by atoms with Crippen LogP contribution in [0.15, 0.2) is 35.7 Å². The number of hydrogen-bond acceptors (Lipinski definition) is 4. The quantitative estimate of drug-likeness (QED) is 0.840. The lowest BCUT2D eigenvalue weighted by molar-refractivity contribution is 0.0576. The molecule has 4 rings (SSSR count). The Morgan fingerprint density at radius 2 is 2.16 bits per heavy atom. The lowest BCUT2D eigenvalue weighted by Crippen LogP contribution is -2.51. The lowest BCUT2D eigenvalue weighted by Gasteiger charge is -2.37. The number of rotatable bonds is 4. The van der Waals surface area contributed by atoms with Gasteiger partial charge in [-0.3, -0.25) is 9.69 Å². The fraction of sp³-hybridized carbons (Fsp3) is 0.450. The van der Waals surface area contributed by atoms with Crippen LogP contribution in [0.4, 0.5) is 0 Å². The van der Waals surface area contributed by atoms with Gasteiger partial charge in [0, 0.05) is 31.2 Å². The molecule has 0 aliphatic carbocycles. The molecule has 0 saturated carbocycles. The number of ether oxygens (including phenoxy) is 1. The Morgan fingerprint density at radius 3 is 3.04 bits per heavy atom. The van der Waals surface area contributed by atoms with E-state index in [9.17, 15) is 4.79 Å². The molecule has 2 aliphatic heterocycles. The zero-order chi connectivity index (χ0) is 17.2. The van der Waals surface area contributed by atoms with E-state index in [-0.39, 0.29) is 5.91 Å². The molecule has 0 bridgehead atoms. The molecule has 1 aromatic carbocycles. The minimum Gasteiger partial charge on any atom is -0.489 e. The predicted molar refractivity (Wildman–Crippen MR) is 100 cm³/mol. The maximum Gasteiger partial charge on any atom is 0.264 e. The van der Waals surface area contributed by atoms with E-state index in [1.54, 1.807) is 0 Å². The van der Waals surface area contributed by atoms with Gasteiger partial charge >= 0.3 is 0 Å². The molecule has 2 aliphatic rings. The molecule has 1 atom stereocenters. The molecule has 2 aromatic rings. The summed E-state index contributed by atoms with van der Waals surface area (Å²) < 4.78 is 5.89. The molecule has 0 spiro atoms. The van der Waals surface area contributed by atoms with Crippen molar-refractivity contribution in [3.05, 3.63) is 51.7 Å². The molecule has 132 valence electrons. The van der Waals surface area contributed by atoms with Crippen molar-refractivity contribution in [2.75, 3.05) is 26.2 Å². The van der Waals surface area contributed by atoms with Crippen molar-refractivity contribution >= 4 is 17.2 Å². The van der Waals surface area contributed by atoms with Crippen LogP contribution in [0.1, 0.15) is 33.6 Å². The minimum atomic E-state index is 0.179. The van der Waals surface area contributed by atoms with Crippen molar-refractivity contribution < 1.29 is 9.53 Å². The van der Waals surface area contributed by atoms with E-state index in [0.29, 0.717) is 12.6 Å². The Balaban J connectivity index is 1.37. The fourth-order valence-electron chi connectivity index (χ4n) is 3.77. The number of thiophene rings is 1. The summed E-state index contributed by atoms with van der Waals surface area (Å²) in [5.41, 5.74) is 2.19. The first-order valence-corrected chi connectivity index (χ1v) is 9.88. The van der Waals surface area contributed by atoms with E-state index < -0.39 is 0 Å². The highest BCUT2D eigenvalue weighted by Gasteiger charge is 2.33. The maximum atomic E-state index is 12.8. The zero-order valence-electron chi connectivity index (χ0n) is 14.6. The average molecular weight is 356 g/mol. The summed E-state index contributed by atoms with van der Waals surface area (Å²) >= 11 is 1.53. The molecule has 1 aromatic heterocycles. The van der Waals surface area contributed by atoms with Crippen molar-refractivity contribution in [2.45, 2.75) is 32.4 Å². The molecular formula is C20H24N2O2S. The SMILES string of the molecule is Cc1ccccc1OCc1csc(C(=O)N2CCN3CCCC3C2)c1. The van der Waals surface area contributed by atoms with Crippen LogP contribution in [0, 0.1) is 6.92 Å². The number of carbonyl (C=O) groups is 1. The number of carbonyl (C=O) groups excluding carboxylic acids is 1. The highest BCUT2D eigenvalue weighted by molar-refractivity contribution is 7.12. The Bertz CT molecular complexity index is 758. The Morgan fingerprint density at radius 1 is 1.28 bits per heavy atom. The van der Waals surface area contributed by atoms with Gasteiger partial charge in [-0.25, -0.2) is 0 Å². The van der Waals surface area contributed by atoms with Gasteiger partial charge in [0.2, 0.25) is 0 Å². The van der Waals surface area contributed by atoms with E-state index in [0.717, 1.165) is 41.4 Å². The molecule has 1 amide bonds. The van der Waals surface area contributed by atoms with Gasteiger partial charge in [-0.15, -0.1) is 11.3 Å². The molecule has 25 heavy (non-hydrogen) atoms. The Labute approximate surface area is 153 Å². The van der Waals surface area contributed by atoms with Gasteiger partial charge in [-0.2, -0.15) is 0 Å². The van der Waals surface area contributed by atoms with Crippen molar-refractivity contribution in [1.29, 1.82) is 0 Å². The summed E-state index contributed by atoms with van der Waals surface area (Å²) in [5.74, 6) is 1.08. The second-order valence-corrected chi connectivity index (χ2v) is 7.87. The topological polar surface area (TPSA) is 32.8 Å². The zero-order valence-corrected chi connectivity index (χ0v) is 15.4. The summed E-state index contributed by atoms with van der Waals surface area (Å²) in [6.07, 6.45) is 2.50. The first kappa shape index (κ1) is 16.6. The van der Waals surface area contributed by atoms with E-state index in [4.69, 9.17) is 4.74 Å². The Hall–Kier alpha value is -1.85. The third-order valence-electron chi connectivity index (χ3n) is 5.23. The number of para-hydroxylation sites is 1. The third kappa shape index (κ3) is 3.58. The van der Waals surface area contributed by atoms with Crippen molar-refractivity contribution in [3.8, 4) is 5.75 Å². The summed E-state index contributed by atoms with van der Waals surface area (Å²) in [4.78, 5) is 18.2. The molecule has 2 saturated heterocycles. The highest BCUT2D eigenvalue weighted by Crippen LogP contribution is 2.25. The smallest absolute Gasteiger partial charge is 0.264 e. The highest BCUT2D eigenvalue weighted by atomic mass is 32.1. The van der Waals surface area contributed by atoms with Crippen LogP contribution in [-0.2, 0) is 6.61 Å². The molecule has 3 heterocycles. The third-order valence-corrected chi connectivity index (χ3v) is 6.19. The molecule has 2 fully saturated rings. The van der Waals surface area contributed by atoms with Crippen LogP contribution < -0.4 is 4.74 Å². The van der Waals surface area contributed by atoms with Crippen LogP contribution >= 0.6 is 11.3 Å². The van der Waals surface area contributed by atoms with Crippen molar-refractivity contribution in [1.82, 2.24) is 9.80 Å². The monoisotopic (exact) mass is 356 g/mol. The second kappa shape index (κ2) is 7.18.